The van der Waals surface area contributed by atoms with Gasteiger partial charge in [0.2, 0.25) is 0 Å². The Bertz CT molecular complexity index is 605. The first kappa shape index (κ1) is 11.4. The smallest absolute Gasteiger partial charge is 0.251 e. The number of hydrogen-bond donors (Lipinski definition) is 1. The summed E-state index contributed by atoms with van der Waals surface area (Å²) in [4.78, 5) is 11.7. The monoisotopic (exact) mass is 232 g/mol. The molecular weight excluding hydrogens is 219 g/mol. The lowest BCUT2D eigenvalue weighted by molar-refractivity contribution is 0.623. The second kappa shape index (κ2) is 4.41. The van der Waals surface area contributed by atoms with Gasteiger partial charge in [-0.15, -0.1) is 0 Å². The van der Waals surface area contributed by atoms with Gasteiger partial charge in [0.25, 0.3) is 5.56 Å². The number of aryl methyl sites for hydroxylation is 1. The van der Waals surface area contributed by atoms with Crippen LogP contribution in [0.25, 0.3) is 0 Å². The van der Waals surface area contributed by atoms with Crippen molar-refractivity contribution < 1.29 is 4.39 Å². The maximum Gasteiger partial charge on any atom is 0.251 e. The number of halogens is 1. The maximum absolute atomic E-state index is 13.0. The molecule has 1 aromatic carbocycles. The van der Waals surface area contributed by atoms with Crippen LogP contribution < -0.4 is 11.3 Å². The quantitative estimate of drug-likeness (QED) is 0.860. The Labute approximate surface area is 98.3 Å². The predicted molar refractivity (Wildman–Crippen MR) is 65.4 cm³/mol. The van der Waals surface area contributed by atoms with Crippen LogP contribution in [-0.2, 0) is 6.54 Å². The highest BCUT2D eigenvalue weighted by Gasteiger charge is 2.02. The largest absolute Gasteiger partial charge is 0.397 e. The number of benzene rings is 1. The minimum Gasteiger partial charge on any atom is -0.397 e. The van der Waals surface area contributed by atoms with Crippen molar-refractivity contribution in [3.8, 4) is 0 Å². The van der Waals surface area contributed by atoms with E-state index in [1.165, 1.54) is 22.8 Å². The number of pyridine rings is 1. The number of nitrogens with zero attached hydrogens (tertiary/aromatic N) is 1. The van der Waals surface area contributed by atoms with Gasteiger partial charge in [0.15, 0.2) is 0 Å². The number of rotatable bonds is 2. The Morgan fingerprint density at radius 2 is 2.12 bits per heavy atom. The molecule has 0 atom stereocenters. The Balaban J connectivity index is 2.37. The molecule has 1 heterocycles. The second-order valence-corrected chi connectivity index (χ2v) is 4.01. The normalized spacial score (nSPS) is 10.5. The van der Waals surface area contributed by atoms with E-state index in [-0.39, 0.29) is 11.4 Å². The van der Waals surface area contributed by atoms with Crippen LogP contribution in [0, 0.1) is 12.7 Å². The summed E-state index contributed by atoms with van der Waals surface area (Å²) in [5.41, 5.74) is 7.64. The third-order valence-electron chi connectivity index (χ3n) is 2.62. The second-order valence-electron chi connectivity index (χ2n) is 4.01. The van der Waals surface area contributed by atoms with Gasteiger partial charge in [-0.25, -0.2) is 4.39 Å². The zero-order valence-corrected chi connectivity index (χ0v) is 9.48. The third kappa shape index (κ3) is 2.53. The van der Waals surface area contributed by atoms with Gasteiger partial charge in [-0.05, 0) is 30.2 Å². The lowest BCUT2D eigenvalue weighted by Gasteiger charge is -2.08. The maximum atomic E-state index is 13.0. The standard InChI is InChI=1S/C13H13FN2O/c1-9-5-13(17)16(8-12(9)15)7-10-3-2-4-11(14)6-10/h2-6,8H,7,15H2,1H3. The molecule has 0 unspecified atom stereocenters. The summed E-state index contributed by atoms with van der Waals surface area (Å²) in [5.74, 6) is -0.310. The van der Waals surface area contributed by atoms with E-state index in [1.807, 2.05) is 0 Å². The molecule has 0 fully saturated rings. The molecule has 17 heavy (non-hydrogen) atoms. The molecule has 2 N–H and O–H groups in total. The number of hydrogen-bond acceptors (Lipinski definition) is 2. The van der Waals surface area contributed by atoms with Gasteiger partial charge in [-0.1, -0.05) is 12.1 Å². The van der Waals surface area contributed by atoms with Crippen LogP contribution in [0.1, 0.15) is 11.1 Å². The first-order valence-electron chi connectivity index (χ1n) is 5.27. The van der Waals surface area contributed by atoms with E-state index in [4.69, 9.17) is 5.73 Å². The summed E-state index contributed by atoms with van der Waals surface area (Å²) in [5, 5.41) is 0. The number of aromatic nitrogens is 1. The highest BCUT2D eigenvalue weighted by atomic mass is 19.1. The first-order chi connectivity index (χ1) is 8.06. The zero-order chi connectivity index (χ0) is 12.4. The van der Waals surface area contributed by atoms with Crippen molar-refractivity contribution >= 4 is 5.69 Å². The molecule has 3 nitrogen and oxygen atoms in total. The predicted octanol–water partition coefficient (Wildman–Crippen LogP) is 1.93. The van der Waals surface area contributed by atoms with E-state index in [0.717, 1.165) is 11.1 Å². The van der Waals surface area contributed by atoms with E-state index >= 15 is 0 Å². The molecule has 0 saturated heterocycles. The molecule has 0 aliphatic rings. The zero-order valence-electron chi connectivity index (χ0n) is 9.48. The summed E-state index contributed by atoms with van der Waals surface area (Å²) in [6, 6.07) is 7.64. The fourth-order valence-electron chi connectivity index (χ4n) is 1.64. The molecule has 2 rings (SSSR count). The fourth-order valence-corrected chi connectivity index (χ4v) is 1.64. The van der Waals surface area contributed by atoms with Crippen LogP contribution in [0.15, 0.2) is 41.3 Å². The van der Waals surface area contributed by atoms with Crippen molar-refractivity contribution in [3.63, 3.8) is 0 Å². The van der Waals surface area contributed by atoms with Crippen LogP contribution in [0.3, 0.4) is 0 Å². The highest BCUT2D eigenvalue weighted by molar-refractivity contribution is 5.43. The lowest BCUT2D eigenvalue weighted by atomic mass is 10.2. The van der Waals surface area contributed by atoms with Gasteiger partial charge in [0.1, 0.15) is 5.82 Å². The first-order valence-corrected chi connectivity index (χ1v) is 5.27. The molecule has 0 bridgehead atoms. The van der Waals surface area contributed by atoms with Crippen molar-refractivity contribution in [3.05, 3.63) is 63.8 Å². The molecule has 0 aliphatic carbocycles. The molecule has 0 aliphatic heterocycles. The van der Waals surface area contributed by atoms with Crippen LogP contribution in [0.4, 0.5) is 10.1 Å². The van der Waals surface area contributed by atoms with Gasteiger partial charge in [0.05, 0.1) is 12.2 Å². The Morgan fingerprint density at radius 3 is 2.82 bits per heavy atom. The Morgan fingerprint density at radius 1 is 1.35 bits per heavy atom. The van der Waals surface area contributed by atoms with Gasteiger partial charge < -0.3 is 10.3 Å². The molecule has 0 spiro atoms. The third-order valence-corrected chi connectivity index (χ3v) is 2.62. The molecule has 4 heteroatoms. The lowest BCUT2D eigenvalue weighted by Crippen LogP contribution is -2.20. The average Bonchev–Trinajstić information content (AvgIpc) is 2.26. The SMILES string of the molecule is Cc1cc(=O)n(Cc2cccc(F)c2)cc1N. The minimum atomic E-state index is -0.310. The van der Waals surface area contributed by atoms with Gasteiger partial charge in [-0.2, -0.15) is 0 Å². The Kier molecular flexibility index (Phi) is 2.95. The van der Waals surface area contributed by atoms with E-state index in [0.29, 0.717) is 12.2 Å². The van der Waals surface area contributed by atoms with Crippen molar-refractivity contribution in [1.29, 1.82) is 0 Å². The molecule has 2 aromatic rings. The van der Waals surface area contributed by atoms with Crippen molar-refractivity contribution in [2.75, 3.05) is 5.73 Å². The van der Waals surface area contributed by atoms with Gasteiger partial charge in [-0.3, -0.25) is 4.79 Å². The molecular formula is C13H13FN2O. The summed E-state index contributed by atoms with van der Waals surface area (Å²) >= 11 is 0. The minimum absolute atomic E-state index is 0.138. The van der Waals surface area contributed by atoms with Crippen LogP contribution in [0.2, 0.25) is 0 Å². The van der Waals surface area contributed by atoms with E-state index in [9.17, 15) is 9.18 Å². The topological polar surface area (TPSA) is 48.0 Å². The van der Waals surface area contributed by atoms with Crippen molar-refractivity contribution in [1.82, 2.24) is 4.57 Å². The average molecular weight is 232 g/mol. The molecule has 88 valence electrons. The van der Waals surface area contributed by atoms with Crippen LogP contribution in [-0.4, -0.2) is 4.57 Å². The Hall–Kier alpha value is -2.10. The summed E-state index contributed by atoms with van der Waals surface area (Å²) in [6.07, 6.45) is 1.59. The van der Waals surface area contributed by atoms with Crippen molar-refractivity contribution in [2.45, 2.75) is 13.5 Å². The van der Waals surface area contributed by atoms with Gasteiger partial charge in [0, 0.05) is 12.3 Å². The highest BCUT2D eigenvalue weighted by Crippen LogP contribution is 2.08. The molecule has 0 saturated carbocycles. The van der Waals surface area contributed by atoms with E-state index in [2.05, 4.69) is 0 Å². The molecule has 0 amide bonds. The van der Waals surface area contributed by atoms with E-state index < -0.39 is 0 Å². The molecule has 0 radical (unpaired) electrons. The van der Waals surface area contributed by atoms with Crippen molar-refractivity contribution in [2.24, 2.45) is 0 Å². The summed E-state index contributed by atoms with van der Waals surface area (Å²) in [7, 11) is 0. The number of nitrogens with two attached hydrogens (primary N) is 1. The van der Waals surface area contributed by atoms with Crippen LogP contribution in [0.5, 0.6) is 0 Å². The van der Waals surface area contributed by atoms with E-state index in [1.54, 1.807) is 25.3 Å². The summed E-state index contributed by atoms with van der Waals surface area (Å²) in [6.45, 7) is 2.10. The van der Waals surface area contributed by atoms with Crippen LogP contribution >= 0.6 is 0 Å². The van der Waals surface area contributed by atoms with Gasteiger partial charge >= 0.3 is 0 Å². The molecule has 1 aromatic heterocycles. The number of anilines is 1. The number of nitrogen functional groups attached to an aromatic ring is 1. The fraction of sp³-hybridized carbons (Fsp3) is 0.154. The summed E-state index contributed by atoms with van der Waals surface area (Å²) < 4.78 is 14.5.